The molecule has 0 spiro atoms. The van der Waals surface area contributed by atoms with E-state index < -0.39 is 10.0 Å². The largest absolute Gasteiger partial charge is 0.338 e. The third-order valence-corrected chi connectivity index (χ3v) is 6.17. The molecule has 130 valence electrons. The van der Waals surface area contributed by atoms with Crippen molar-refractivity contribution < 1.29 is 13.2 Å². The van der Waals surface area contributed by atoms with Gasteiger partial charge in [0.2, 0.25) is 10.0 Å². The third kappa shape index (κ3) is 4.22. The maximum atomic E-state index is 12.0. The minimum atomic E-state index is -3.16. The highest BCUT2D eigenvalue weighted by Gasteiger charge is 2.25. The normalized spacial score (nSPS) is 19.3. The first-order chi connectivity index (χ1) is 11.4. The first kappa shape index (κ1) is 17.1. The zero-order valence-corrected chi connectivity index (χ0v) is 15.0. The molecule has 1 aromatic heterocycles. The summed E-state index contributed by atoms with van der Waals surface area (Å²) in [5.74, 6) is 0.139. The monoisotopic (exact) mass is 368 g/mol. The van der Waals surface area contributed by atoms with Crippen molar-refractivity contribution >= 4 is 43.3 Å². The highest BCUT2D eigenvalue weighted by atomic mass is 32.2. The number of carbonyl (C=O) groups is 1. The summed E-state index contributed by atoms with van der Waals surface area (Å²) < 4.78 is 25.8. The molecule has 1 aromatic carbocycles. The number of hydrogen-bond donors (Lipinski definition) is 2. The number of amides is 2. The lowest BCUT2D eigenvalue weighted by molar-refractivity contribution is 0.239. The first-order valence-electron chi connectivity index (χ1n) is 7.75. The Hall–Kier alpha value is -1.71. The van der Waals surface area contributed by atoms with Crippen LogP contribution in [-0.2, 0) is 10.0 Å². The Kier molecular flexibility index (Phi) is 5.02. The van der Waals surface area contributed by atoms with Crippen LogP contribution in [0.15, 0.2) is 23.7 Å². The molecule has 9 heteroatoms. The number of nitrogens with zero attached hydrogens (tertiary/aromatic N) is 2. The number of urea groups is 1. The summed E-state index contributed by atoms with van der Waals surface area (Å²) in [6, 6.07) is 5.30. The van der Waals surface area contributed by atoms with E-state index in [0.29, 0.717) is 25.3 Å². The van der Waals surface area contributed by atoms with Gasteiger partial charge in [-0.3, -0.25) is 0 Å². The molecule has 0 radical (unpaired) electrons. The van der Waals surface area contributed by atoms with Crippen LogP contribution in [0.25, 0.3) is 10.2 Å². The fourth-order valence-electron chi connectivity index (χ4n) is 2.84. The van der Waals surface area contributed by atoms with E-state index in [4.69, 9.17) is 0 Å². The number of sulfonamides is 1. The summed E-state index contributed by atoms with van der Waals surface area (Å²) in [7, 11) is -3.16. The summed E-state index contributed by atoms with van der Waals surface area (Å²) in [5.41, 5.74) is 3.31. The summed E-state index contributed by atoms with van der Waals surface area (Å²) in [6.07, 6.45) is 2.96. The van der Waals surface area contributed by atoms with Crippen molar-refractivity contribution in [1.29, 1.82) is 0 Å². The lowest BCUT2D eigenvalue weighted by Gasteiger charge is -2.30. The van der Waals surface area contributed by atoms with Gasteiger partial charge in [-0.15, -0.1) is 11.3 Å². The summed E-state index contributed by atoms with van der Waals surface area (Å²) in [6.45, 7) is 1.48. The summed E-state index contributed by atoms with van der Waals surface area (Å²) in [5, 5.41) is 5.61. The molecule has 2 amide bonds. The smallest absolute Gasteiger partial charge is 0.319 e. The third-order valence-electron chi connectivity index (χ3n) is 4.09. The lowest BCUT2D eigenvalue weighted by Crippen LogP contribution is -2.43. The molecule has 1 aliphatic heterocycles. The molecule has 1 fully saturated rings. The van der Waals surface area contributed by atoms with Gasteiger partial charge in [-0.25, -0.2) is 22.5 Å². The van der Waals surface area contributed by atoms with E-state index in [1.165, 1.54) is 10.6 Å². The van der Waals surface area contributed by atoms with Crippen LogP contribution in [-0.4, -0.2) is 49.6 Å². The molecular weight excluding hydrogens is 348 g/mol. The maximum absolute atomic E-state index is 12.0. The molecule has 0 saturated carbocycles. The van der Waals surface area contributed by atoms with E-state index >= 15 is 0 Å². The van der Waals surface area contributed by atoms with E-state index in [0.717, 1.165) is 23.1 Å². The Morgan fingerprint density at radius 3 is 3.08 bits per heavy atom. The Morgan fingerprint density at radius 1 is 1.46 bits per heavy atom. The second-order valence-corrected chi connectivity index (χ2v) is 8.87. The van der Waals surface area contributed by atoms with Gasteiger partial charge in [0, 0.05) is 25.3 Å². The quantitative estimate of drug-likeness (QED) is 0.864. The van der Waals surface area contributed by atoms with Gasteiger partial charge in [0.05, 0.1) is 22.0 Å². The van der Waals surface area contributed by atoms with E-state index in [1.54, 1.807) is 16.8 Å². The molecule has 0 aliphatic carbocycles. The second-order valence-electron chi connectivity index (χ2n) is 6.00. The predicted octanol–water partition coefficient (Wildman–Crippen LogP) is 2.09. The SMILES string of the molecule is CS(=O)(=O)N1CCCC(CNC(=O)Nc2ccc3scnc3c2)C1. The van der Waals surface area contributed by atoms with E-state index in [1.807, 2.05) is 18.2 Å². The molecule has 0 bridgehead atoms. The van der Waals surface area contributed by atoms with Gasteiger partial charge >= 0.3 is 6.03 Å². The number of benzene rings is 1. The Bertz CT molecular complexity index is 834. The van der Waals surface area contributed by atoms with Gasteiger partial charge in [0.25, 0.3) is 0 Å². The molecule has 1 aliphatic rings. The number of nitrogens with one attached hydrogen (secondary N) is 2. The molecule has 24 heavy (non-hydrogen) atoms. The zero-order chi connectivity index (χ0) is 17.2. The van der Waals surface area contributed by atoms with Crippen molar-refractivity contribution in [3.8, 4) is 0 Å². The molecule has 2 heterocycles. The number of hydrogen-bond acceptors (Lipinski definition) is 5. The second kappa shape index (κ2) is 7.04. The molecule has 1 atom stereocenters. The molecule has 3 rings (SSSR count). The van der Waals surface area contributed by atoms with Crippen LogP contribution in [0.5, 0.6) is 0 Å². The number of carbonyl (C=O) groups excluding carboxylic acids is 1. The summed E-state index contributed by atoms with van der Waals surface area (Å²) >= 11 is 1.55. The highest BCUT2D eigenvalue weighted by molar-refractivity contribution is 7.88. The first-order valence-corrected chi connectivity index (χ1v) is 10.5. The molecule has 1 unspecified atom stereocenters. The van der Waals surface area contributed by atoms with Gasteiger partial charge < -0.3 is 10.6 Å². The fourth-order valence-corrected chi connectivity index (χ4v) is 4.44. The van der Waals surface area contributed by atoms with Crippen molar-refractivity contribution in [2.24, 2.45) is 5.92 Å². The van der Waals surface area contributed by atoms with Crippen LogP contribution in [0.4, 0.5) is 10.5 Å². The highest BCUT2D eigenvalue weighted by Crippen LogP contribution is 2.21. The lowest BCUT2D eigenvalue weighted by atomic mass is 10.00. The van der Waals surface area contributed by atoms with Gasteiger partial charge in [-0.05, 0) is 37.0 Å². The van der Waals surface area contributed by atoms with Gasteiger partial charge in [0.15, 0.2) is 0 Å². The number of aromatic nitrogens is 1. The van der Waals surface area contributed by atoms with E-state index in [-0.39, 0.29) is 11.9 Å². The molecular formula is C15H20N4O3S2. The number of anilines is 1. The van der Waals surface area contributed by atoms with E-state index in [9.17, 15) is 13.2 Å². The van der Waals surface area contributed by atoms with E-state index in [2.05, 4.69) is 15.6 Å². The van der Waals surface area contributed by atoms with Gasteiger partial charge in [-0.2, -0.15) is 0 Å². The maximum Gasteiger partial charge on any atom is 0.319 e. The zero-order valence-electron chi connectivity index (χ0n) is 13.4. The Morgan fingerprint density at radius 2 is 2.29 bits per heavy atom. The van der Waals surface area contributed by atoms with Crippen molar-refractivity contribution in [1.82, 2.24) is 14.6 Å². The van der Waals surface area contributed by atoms with Crippen LogP contribution >= 0.6 is 11.3 Å². The predicted molar refractivity (Wildman–Crippen MR) is 95.8 cm³/mol. The molecule has 1 saturated heterocycles. The van der Waals surface area contributed by atoms with Gasteiger partial charge in [-0.1, -0.05) is 0 Å². The van der Waals surface area contributed by atoms with Crippen LogP contribution in [0.1, 0.15) is 12.8 Å². The Labute approximate surface area is 145 Å². The average Bonchev–Trinajstić information content (AvgIpc) is 3.00. The average molecular weight is 368 g/mol. The Balaban J connectivity index is 1.51. The van der Waals surface area contributed by atoms with Crippen molar-refractivity contribution in [3.63, 3.8) is 0 Å². The number of fused-ring (bicyclic) bond motifs is 1. The minimum Gasteiger partial charge on any atom is -0.338 e. The van der Waals surface area contributed by atoms with Crippen LogP contribution < -0.4 is 10.6 Å². The number of thiazole rings is 1. The molecule has 7 nitrogen and oxygen atoms in total. The van der Waals surface area contributed by atoms with Crippen molar-refractivity contribution in [3.05, 3.63) is 23.7 Å². The number of rotatable bonds is 4. The topological polar surface area (TPSA) is 91.4 Å². The minimum absolute atomic E-state index is 0.139. The molecule has 2 aromatic rings. The van der Waals surface area contributed by atoms with Gasteiger partial charge in [0.1, 0.15) is 0 Å². The van der Waals surface area contributed by atoms with Crippen LogP contribution in [0.2, 0.25) is 0 Å². The standard InChI is InChI=1S/C15H20N4O3S2/c1-24(21,22)19-6-2-3-11(9-19)8-16-15(20)18-12-4-5-14-13(7-12)17-10-23-14/h4-5,7,10-11H,2-3,6,8-9H2,1H3,(H2,16,18,20). The fraction of sp³-hybridized carbons (Fsp3) is 0.467. The summed E-state index contributed by atoms with van der Waals surface area (Å²) in [4.78, 5) is 16.3. The number of piperidine rings is 1. The van der Waals surface area contributed by atoms with Crippen molar-refractivity contribution in [2.75, 3.05) is 31.2 Å². The van der Waals surface area contributed by atoms with Crippen LogP contribution in [0, 0.1) is 5.92 Å². The molecule has 2 N–H and O–H groups in total. The van der Waals surface area contributed by atoms with Crippen LogP contribution in [0.3, 0.4) is 0 Å². The van der Waals surface area contributed by atoms with Crippen molar-refractivity contribution in [2.45, 2.75) is 12.8 Å².